The van der Waals surface area contributed by atoms with Crippen LogP contribution in [0, 0.1) is 0 Å². The molecule has 2 aliphatic rings. The maximum atomic E-state index is 12.9. The summed E-state index contributed by atoms with van der Waals surface area (Å²) in [7, 11) is 0. The van der Waals surface area contributed by atoms with E-state index in [1.807, 2.05) is 23.1 Å². The number of rotatable bonds is 5. The third kappa shape index (κ3) is 3.84. The van der Waals surface area contributed by atoms with Gasteiger partial charge in [-0.25, -0.2) is 0 Å². The second-order valence-electron chi connectivity index (χ2n) is 6.11. The van der Waals surface area contributed by atoms with Crippen LogP contribution >= 0.6 is 0 Å². The summed E-state index contributed by atoms with van der Waals surface area (Å²) in [5, 5.41) is 0. The third-order valence-corrected chi connectivity index (χ3v) is 4.63. The Kier molecular flexibility index (Phi) is 5.40. The average molecular weight is 303 g/mol. The standard InChI is InChI=1S/C17H25N3O2/c21-17(16-5-1-2-8-18-16)20(15-6-13-22-14-7-15)12-11-19-9-3-4-10-19/h1-2,5,8,15H,3-4,6-7,9-14H2. The molecule has 120 valence electrons. The van der Waals surface area contributed by atoms with Crippen molar-refractivity contribution in [3.8, 4) is 0 Å². The summed E-state index contributed by atoms with van der Waals surface area (Å²) >= 11 is 0. The van der Waals surface area contributed by atoms with E-state index in [4.69, 9.17) is 4.74 Å². The number of hydrogen-bond acceptors (Lipinski definition) is 4. The summed E-state index contributed by atoms with van der Waals surface area (Å²) in [4.78, 5) is 21.6. The number of aromatic nitrogens is 1. The highest BCUT2D eigenvalue weighted by atomic mass is 16.5. The van der Waals surface area contributed by atoms with Gasteiger partial charge in [-0.15, -0.1) is 0 Å². The lowest BCUT2D eigenvalue weighted by Crippen LogP contribution is -2.46. The van der Waals surface area contributed by atoms with Crippen molar-refractivity contribution >= 4 is 5.91 Å². The fourth-order valence-electron chi connectivity index (χ4n) is 3.34. The van der Waals surface area contributed by atoms with Crippen LogP contribution in [0.25, 0.3) is 0 Å². The minimum Gasteiger partial charge on any atom is -0.381 e. The van der Waals surface area contributed by atoms with Gasteiger partial charge in [0.25, 0.3) is 5.91 Å². The molecule has 0 aliphatic carbocycles. The van der Waals surface area contributed by atoms with E-state index in [9.17, 15) is 4.79 Å². The topological polar surface area (TPSA) is 45.7 Å². The molecule has 1 aromatic rings. The van der Waals surface area contributed by atoms with E-state index >= 15 is 0 Å². The maximum Gasteiger partial charge on any atom is 0.272 e. The van der Waals surface area contributed by atoms with Crippen molar-refractivity contribution in [1.29, 1.82) is 0 Å². The number of pyridine rings is 1. The van der Waals surface area contributed by atoms with Gasteiger partial charge >= 0.3 is 0 Å². The quantitative estimate of drug-likeness (QED) is 0.832. The lowest BCUT2D eigenvalue weighted by Gasteiger charge is -2.35. The molecule has 3 rings (SSSR count). The molecule has 3 heterocycles. The molecule has 5 nitrogen and oxygen atoms in total. The monoisotopic (exact) mass is 303 g/mol. The van der Waals surface area contributed by atoms with E-state index < -0.39 is 0 Å². The number of carbonyl (C=O) groups is 1. The highest BCUT2D eigenvalue weighted by Crippen LogP contribution is 2.17. The minimum atomic E-state index is 0.0618. The van der Waals surface area contributed by atoms with Crippen LogP contribution in [0.4, 0.5) is 0 Å². The Morgan fingerprint density at radius 1 is 1.27 bits per heavy atom. The van der Waals surface area contributed by atoms with Crippen LogP contribution in [-0.4, -0.2) is 66.1 Å². The highest BCUT2D eigenvalue weighted by Gasteiger charge is 2.27. The van der Waals surface area contributed by atoms with Crippen LogP contribution in [0.3, 0.4) is 0 Å². The van der Waals surface area contributed by atoms with E-state index in [-0.39, 0.29) is 11.9 Å². The second-order valence-corrected chi connectivity index (χ2v) is 6.11. The fourth-order valence-corrected chi connectivity index (χ4v) is 3.34. The van der Waals surface area contributed by atoms with Crippen LogP contribution in [0.1, 0.15) is 36.2 Å². The maximum absolute atomic E-state index is 12.9. The molecule has 0 atom stereocenters. The molecular weight excluding hydrogens is 278 g/mol. The van der Waals surface area contributed by atoms with Crippen molar-refractivity contribution < 1.29 is 9.53 Å². The Morgan fingerprint density at radius 3 is 2.73 bits per heavy atom. The van der Waals surface area contributed by atoms with E-state index in [1.54, 1.807) is 6.20 Å². The lowest BCUT2D eigenvalue weighted by atomic mass is 10.1. The Hall–Kier alpha value is -1.46. The number of carbonyl (C=O) groups excluding carboxylic acids is 1. The van der Waals surface area contributed by atoms with Crippen LogP contribution < -0.4 is 0 Å². The molecule has 0 saturated carbocycles. The highest BCUT2D eigenvalue weighted by molar-refractivity contribution is 5.92. The fraction of sp³-hybridized carbons (Fsp3) is 0.647. The molecule has 0 radical (unpaired) electrons. The third-order valence-electron chi connectivity index (χ3n) is 4.63. The molecule has 0 spiro atoms. The first-order chi connectivity index (χ1) is 10.8. The van der Waals surface area contributed by atoms with Crippen LogP contribution in [0.5, 0.6) is 0 Å². The summed E-state index contributed by atoms with van der Waals surface area (Å²) in [6.07, 6.45) is 6.12. The molecule has 0 aromatic carbocycles. The first-order valence-electron chi connectivity index (χ1n) is 8.37. The number of hydrogen-bond donors (Lipinski definition) is 0. The molecular formula is C17H25N3O2. The van der Waals surface area contributed by atoms with Gasteiger partial charge in [-0.2, -0.15) is 0 Å². The van der Waals surface area contributed by atoms with Gasteiger partial charge in [-0.3, -0.25) is 9.78 Å². The molecule has 5 heteroatoms. The Bertz CT molecular complexity index is 468. The van der Waals surface area contributed by atoms with Crippen molar-refractivity contribution in [3.63, 3.8) is 0 Å². The van der Waals surface area contributed by atoms with Crippen LogP contribution in [-0.2, 0) is 4.74 Å². The minimum absolute atomic E-state index is 0.0618. The number of likely N-dealkylation sites (tertiary alicyclic amines) is 1. The van der Waals surface area contributed by atoms with Crippen molar-refractivity contribution in [1.82, 2.24) is 14.8 Å². The molecule has 0 N–H and O–H groups in total. The van der Waals surface area contributed by atoms with Gasteiger partial charge in [-0.05, 0) is 50.9 Å². The van der Waals surface area contributed by atoms with Crippen molar-refractivity contribution in [2.24, 2.45) is 0 Å². The van der Waals surface area contributed by atoms with E-state index in [0.717, 1.165) is 39.1 Å². The smallest absolute Gasteiger partial charge is 0.272 e. The number of ether oxygens (including phenoxy) is 1. The zero-order valence-corrected chi connectivity index (χ0v) is 13.1. The molecule has 1 amide bonds. The zero-order valence-electron chi connectivity index (χ0n) is 13.1. The number of nitrogens with zero attached hydrogens (tertiary/aromatic N) is 3. The SMILES string of the molecule is O=C(c1ccccn1)N(CCN1CCCC1)C1CCOCC1. The first-order valence-corrected chi connectivity index (χ1v) is 8.37. The summed E-state index contributed by atoms with van der Waals surface area (Å²) in [5.41, 5.74) is 0.551. The molecule has 2 fully saturated rings. The summed E-state index contributed by atoms with van der Waals surface area (Å²) < 4.78 is 5.45. The van der Waals surface area contributed by atoms with Crippen molar-refractivity contribution in [2.45, 2.75) is 31.7 Å². The molecule has 1 aromatic heterocycles. The Morgan fingerprint density at radius 2 is 2.05 bits per heavy atom. The molecule has 2 saturated heterocycles. The van der Waals surface area contributed by atoms with Crippen LogP contribution in [0.15, 0.2) is 24.4 Å². The van der Waals surface area contributed by atoms with Gasteiger partial charge in [-0.1, -0.05) is 6.07 Å². The predicted molar refractivity (Wildman–Crippen MR) is 84.8 cm³/mol. The van der Waals surface area contributed by atoms with E-state index in [2.05, 4.69) is 9.88 Å². The predicted octanol–water partition coefficient (Wildman–Crippen LogP) is 1.80. The van der Waals surface area contributed by atoms with Crippen LogP contribution in [0.2, 0.25) is 0 Å². The Balaban J connectivity index is 1.68. The largest absolute Gasteiger partial charge is 0.381 e. The average Bonchev–Trinajstić information content (AvgIpc) is 3.10. The van der Waals surface area contributed by atoms with E-state index in [0.29, 0.717) is 5.69 Å². The molecule has 0 bridgehead atoms. The van der Waals surface area contributed by atoms with Gasteiger partial charge in [0.2, 0.25) is 0 Å². The lowest BCUT2D eigenvalue weighted by molar-refractivity contribution is 0.0267. The van der Waals surface area contributed by atoms with Gasteiger partial charge in [0.05, 0.1) is 0 Å². The van der Waals surface area contributed by atoms with Crippen molar-refractivity contribution in [3.05, 3.63) is 30.1 Å². The summed E-state index contributed by atoms with van der Waals surface area (Å²) in [6, 6.07) is 5.82. The van der Waals surface area contributed by atoms with Crippen molar-refractivity contribution in [2.75, 3.05) is 39.4 Å². The molecule has 0 unspecified atom stereocenters. The second kappa shape index (κ2) is 7.70. The number of amides is 1. The van der Waals surface area contributed by atoms with Gasteiger partial charge in [0.1, 0.15) is 5.69 Å². The van der Waals surface area contributed by atoms with Gasteiger partial charge in [0, 0.05) is 38.5 Å². The normalized spacial score (nSPS) is 20.2. The zero-order chi connectivity index (χ0) is 15.2. The first kappa shape index (κ1) is 15.4. The van der Waals surface area contributed by atoms with Gasteiger partial charge in [0.15, 0.2) is 0 Å². The molecule has 22 heavy (non-hydrogen) atoms. The summed E-state index contributed by atoms with van der Waals surface area (Å²) in [6.45, 7) is 5.59. The molecule has 2 aliphatic heterocycles. The van der Waals surface area contributed by atoms with E-state index in [1.165, 1.54) is 25.9 Å². The van der Waals surface area contributed by atoms with Gasteiger partial charge < -0.3 is 14.5 Å². The Labute approximate surface area is 132 Å². The summed E-state index contributed by atoms with van der Waals surface area (Å²) in [5.74, 6) is 0.0618.